The topological polar surface area (TPSA) is 68.3 Å². The average Bonchev–Trinajstić information content (AvgIpc) is 3.06. The molecule has 1 aromatic heterocycles. The molecule has 0 aliphatic rings. The van der Waals surface area contributed by atoms with Gasteiger partial charge in [-0.15, -0.1) is 23.1 Å². The first-order chi connectivity index (χ1) is 10.7. The number of thiazole rings is 1. The van der Waals surface area contributed by atoms with Crippen LogP contribution in [0.25, 0.3) is 0 Å². The van der Waals surface area contributed by atoms with Crippen LogP contribution in [-0.4, -0.2) is 30.5 Å². The molecule has 5 nitrogen and oxygen atoms in total. The fourth-order valence-corrected chi connectivity index (χ4v) is 3.33. The SMILES string of the molecule is COC(=O)CCNC(=O)c1ccccc1SCc1cscn1. The number of nitrogens with one attached hydrogen (secondary N) is 1. The maximum Gasteiger partial charge on any atom is 0.307 e. The van der Waals surface area contributed by atoms with Crippen LogP contribution in [0.5, 0.6) is 0 Å². The number of thioether (sulfide) groups is 1. The molecule has 2 rings (SSSR count). The van der Waals surface area contributed by atoms with Gasteiger partial charge < -0.3 is 10.1 Å². The van der Waals surface area contributed by atoms with E-state index in [0.717, 1.165) is 16.3 Å². The highest BCUT2D eigenvalue weighted by Crippen LogP contribution is 2.26. The predicted molar refractivity (Wildman–Crippen MR) is 87.1 cm³/mol. The first-order valence-corrected chi connectivity index (χ1v) is 8.57. The normalized spacial score (nSPS) is 10.2. The number of aromatic nitrogens is 1. The fourth-order valence-electron chi connectivity index (χ4n) is 1.72. The predicted octanol–water partition coefficient (Wildman–Crippen LogP) is 2.73. The molecule has 7 heteroatoms. The van der Waals surface area contributed by atoms with Crippen molar-refractivity contribution in [2.45, 2.75) is 17.1 Å². The summed E-state index contributed by atoms with van der Waals surface area (Å²) in [6, 6.07) is 7.40. The maximum atomic E-state index is 12.2. The molecule has 0 aliphatic carbocycles. The lowest BCUT2D eigenvalue weighted by Crippen LogP contribution is -2.26. The molecule has 0 fully saturated rings. The Hall–Kier alpha value is -1.86. The van der Waals surface area contributed by atoms with Gasteiger partial charge in [0.15, 0.2) is 0 Å². The zero-order valence-electron chi connectivity index (χ0n) is 12.1. The summed E-state index contributed by atoms with van der Waals surface area (Å²) in [5, 5.41) is 4.72. The number of amides is 1. The molecule has 0 spiro atoms. The number of hydrogen-bond acceptors (Lipinski definition) is 6. The smallest absolute Gasteiger partial charge is 0.307 e. The number of carbonyl (C=O) groups excluding carboxylic acids is 2. The third-order valence-electron chi connectivity index (χ3n) is 2.83. The lowest BCUT2D eigenvalue weighted by molar-refractivity contribution is -0.140. The first-order valence-electron chi connectivity index (χ1n) is 6.64. The molecule has 0 unspecified atom stereocenters. The maximum absolute atomic E-state index is 12.2. The summed E-state index contributed by atoms with van der Waals surface area (Å²) in [4.78, 5) is 28.4. The Morgan fingerprint density at radius 2 is 2.18 bits per heavy atom. The van der Waals surface area contributed by atoms with E-state index in [4.69, 9.17) is 0 Å². The molecule has 1 aromatic carbocycles. The highest BCUT2D eigenvalue weighted by molar-refractivity contribution is 7.98. The molecule has 0 radical (unpaired) electrons. The third kappa shape index (κ3) is 4.85. The van der Waals surface area contributed by atoms with Crippen LogP contribution in [0, 0.1) is 0 Å². The zero-order chi connectivity index (χ0) is 15.8. The van der Waals surface area contributed by atoms with Crippen molar-refractivity contribution in [2.24, 2.45) is 0 Å². The number of carbonyl (C=O) groups is 2. The van der Waals surface area contributed by atoms with Crippen molar-refractivity contribution in [3.63, 3.8) is 0 Å². The lowest BCUT2D eigenvalue weighted by atomic mass is 10.2. The molecule has 0 aliphatic heterocycles. The summed E-state index contributed by atoms with van der Waals surface area (Å²) >= 11 is 3.12. The average molecular weight is 336 g/mol. The van der Waals surface area contributed by atoms with Gasteiger partial charge >= 0.3 is 5.97 Å². The van der Waals surface area contributed by atoms with Gasteiger partial charge in [0.2, 0.25) is 0 Å². The molecule has 0 bridgehead atoms. The van der Waals surface area contributed by atoms with Crippen molar-refractivity contribution in [1.29, 1.82) is 0 Å². The minimum atomic E-state index is -0.341. The van der Waals surface area contributed by atoms with Gasteiger partial charge in [-0.05, 0) is 12.1 Å². The van der Waals surface area contributed by atoms with Crippen LogP contribution < -0.4 is 5.32 Å². The van der Waals surface area contributed by atoms with E-state index in [9.17, 15) is 9.59 Å². The Morgan fingerprint density at radius 3 is 2.91 bits per heavy atom. The van der Waals surface area contributed by atoms with Crippen LogP contribution in [0.2, 0.25) is 0 Å². The summed E-state index contributed by atoms with van der Waals surface area (Å²) < 4.78 is 4.54. The molecular formula is C15H16N2O3S2. The summed E-state index contributed by atoms with van der Waals surface area (Å²) in [6.45, 7) is 0.261. The van der Waals surface area contributed by atoms with Crippen LogP contribution in [0.4, 0.5) is 0 Å². The molecule has 0 atom stereocenters. The number of ether oxygens (including phenoxy) is 1. The number of hydrogen-bond donors (Lipinski definition) is 1. The highest BCUT2D eigenvalue weighted by atomic mass is 32.2. The van der Waals surface area contributed by atoms with Crippen LogP contribution in [-0.2, 0) is 15.3 Å². The molecule has 2 aromatic rings. The summed E-state index contributed by atoms with van der Waals surface area (Å²) in [6.07, 6.45) is 0.163. The van der Waals surface area contributed by atoms with Gasteiger partial charge in [0.25, 0.3) is 5.91 Å². The molecule has 0 saturated heterocycles. The van der Waals surface area contributed by atoms with E-state index in [2.05, 4.69) is 15.0 Å². The Bertz CT molecular complexity index is 629. The Labute approximate surface area is 137 Å². The summed E-state index contributed by atoms with van der Waals surface area (Å²) in [7, 11) is 1.33. The first kappa shape index (κ1) is 16.5. The van der Waals surface area contributed by atoms with Gasteiger partial charge in [-0.25, -0.2) is 4.98 Å². The Morgan fingerprint density at radius 1 is 1.36 bits per heavy atom. The number of esters is 1. The summed E-state index contributed by atoms with van der Waals surface area (Å²) in [5.74, 6) is 0.187. The van der Waals surface area contributed by atoms with E-state index < -0.39 is 0 Å². The van der Waals surface area contributed by atoms with E-state index in [1.165, 1.54) is 7.11 Å². The van der Waals surface area contributed by atoms with E-state index in [1.54, 1.807) is 34.7 Å². The summed E-state index contributed by atoms with van der Waals surface area (Å²) in [5.41, 5.74) is 3.39. The van der Waals surface area contributed by atoms with E-state index in [1.807, 2.05) is 23.6 Å². The second-order valence-electron chi connectivity index (χ2n) is 4.35. The zero-order valence-corrected chi connectivity index (χ0v) is 13.7. The van der Waals surface area contributed by atoms with E-state index >= 15 is 0 Å². The molecule has 1 heterocycles. The van der Waals surface area contributed by atoms with Crippen molar-refractivity contribution in [1.82, 2.24) is 10.3 Å². The van der Waals surface area contributed by atoms with E-state index in [-0.39, 0.29) is 24.8 Å². The molecule has 1 N–H and O–H groups in total. The number of methoxy groups -OCH3 is 1. The van der Waals surface area contributed by atoms with Crippen LogP contribution >= 0.6 is 23.1 Å². The Kier molecular flexibility index (Phi) is 6.42. The second kappa shape index (κ2) is 8.55. The quantitative estimate of drug-likeness (QED) is 0.622. The van der Waals surface area contributed by atoms with Crippen LogP contribution in [0.1, 0.15) is 22.5 Å². The lowest BCUT2D eigenvalue weighted by Gasteiger charge is -2.09. The number of nitrogens with zero attached hydrogens (tertiary/aromatic N) is 1. The molecule has 22 heavy (non-hydrogen) atoms. The Balaban J connectivity index is 1.94. The van der Waals surface area contributed by atoms with Crippen molar-refractivity contribution < 1.29 is 14.3 Å². The van der Waals surface area contributed by atoms with Crippen molar-refractivity contribution in [3.8, 4) is 0 Å². The largest absolute Gasteiger partial charge is 0.469 e. The van der Waals surface area contributed by atoms with Crippen LogP contribution in [0.15, 0.2) is 40.1 Å². The standard InChI is InChI=1S/C15H16N2O3S2/c1-20-14(18)6-7-16-15(19)12-4-2-3-5-13(12)22-9-11-8-21-10-17-11/h2-5,8,10H,6-7,9H2,1H3,(H,16,19). The van der Waals surface area contributed by atoms with Gasteiger partial charge in [0, 0.05) is 22.6 Å². The third-order valence-corrected chi connectivity index (χ3v) is 4.58. The molecule has 116 valence electrons. The van der Waals surface area contributed by atoms with Crippen molar-refractivity contribution >= 4 is 35.0 Å². The van der Waals surface area contributed by atoms with Crippen LogP contribution in [0.3, 0.4) is 0 Å². The minimum Gasteiger partial charge on any atom is -0.469 e. The number of rotatable bonds is 7. The van der Waals surface area contributed by atoms with Gasteiger partial charge in [-0.1, -0.05) is 12.1 Å². The fraction of sp³-hybridized carbons (Fsp3) is 0.267. The number of benzene rings is 1. The molecule has 1 amide bonds. The van der Waals surface area contributed by atoms with Crippen molar-refractivity contribution in [2.75, 3.05) is 13.7 Å². The monoisotopic (exact) mass is 336 g/mol. The van der Waals surface area contributed by atoms with E-state index in [0.29, 0.717) is 5.56 Å². The molecule has 0 saturated carbocycles. The van der Waals surface area contributed by atoms with Gasteiger partial charge in [0.05, 0.1) is 30.3 Å². The minimum absolute atomic E-state index is 0.163. The molecular weight excluding hydrogens is 320 g/mol. The van der Waals surface area contributed by atoms with Gasteiger partial charge in [0.1, 0.15) is 0 Å². The van der Waals surface area contributed by atoms with Gasteiger partial charge in [-0.3, -0.25) is 9.59 Å². The highest BCUT2D eigenvalue weighted by Gasteiger charge is 2.12. The second-order valence-corrected chi connectivity index (χ2v) is 6.08. The van der Waals surface area contributed by atoms with Crippen molar-refractivity contribution in [3.05, 3.63) is 46.4 Å². The van der Waals surface area contributed by atoms with Gasteiger partial charge in [-0.2, -0.15) is 0 Å².